The molecule has 0 saturated carbocycles. The number of alkyl halides is 1. The molecule has 0 heterocycles. The third-order valence-electron chi connectivity index (χ3n) is 3.08. The van der Waals surface area contributed by atoms with Crippen molar-refractivity contribution in [3.8, 4) is 5.75 Å². The van der Waals surface area contributed by atoms with Gasteiger partial charge in [0.25, 0.3) is 0 Å². The average Bonchev–Trinajstić information content (AvgIpc) is 2.28. The molecule has 0 radical (unpaired) electrons. The molecule has 2 unspecified atom stereocenters. The van der Waals surface area contributed by atoms with Gasteiger partial charge in [-0.15, -0.1) is 0 Å². The van der Waals surface area contributed by atoms with Crippen molar-refractivity contribution >= 4 is 21.6 Å². The van der Waals surface area contributed by atoms with Crippen LogP contribution in [0, 0.1) is 16.0 Å². The molecule has 0 bridgehead atoms. The Labute approximate surface area is 122 Å². The average molecular weight is 330 g/mol. The van der Waals surface area contributed by atoms with Gasteiger partial charge in [-0.1, -0.05) is 42.8 Å². The van der Waals surface area contributed by atoms with E-state index in [9.17, 15) is 10.1 Å². The number of nitro benzene ring substituents is 1. The summed E-state index contributed by atoms with van der Waals surface area (Å²) in [5.41, 5.74) is 1.09. The quantitative estimate of drug-likeness (QED) is 0.438. The van der Waals surface area contributed by atoms with Crippen LogP contribution < -0.4 is 4.74 Å². The maximum absolute atomic E-state index is 11.0. The lowest BCUT2D eigenvalue weighted by Gasteiger charge is -2.24. The van der Waals surface area contributed by atoms with E-state index in [1.165, 1.54) is 6.07 Å². The van der Waals surface area contributed by atoms with Crippen LogP contribution in [0.25, 0.3) is 0 Å². The van der Waals surface area contributed by atoms with Gasteiger partial charge >= 0.3 is 5.69 Å². The van der Waals surface area contributed by atoms with Crippen LogP contribution in [0.4, 0.5) is 5.69 Å². The Balaban J connectivity index is 3.23. The first-order valence-corrected chi connectivity index (χ1v) is 7.35. The van der Waals surface area contributed by atoms with E-state index in [4.69, 9.17) is 4.74 Å². The van der Waals surface area contributed by atoms with Gasteiger partial charge in [0.05, 0.1) is 11.5 Å². The van der Waals surface area contributed by atoms with Crippen molar-refractivity contribution in [2.24, 2.45) is 5.92 Å². The molecule has 4 nitrogen and oxygen atoms in total. The molecule has 106 valence electrons. The molecule has 0 amide bonds. The third-order valence-corrected chi connectivity index (χ3v) is 3.65. The smallest absolute Gasteiger partial charge is 0.310 e. The van der Waals surface area contributed by atoms with E-state index in [1.54, 1.807) is 6.07 Å². The standard InChI is InChI=1S/C14H20BrNO3/c1-5-19-13-8-11(6-7-12(13)16(17)18)14(9(2)3)10(4)15/h6-10,14H,5H2,1-4H3. The van der Waals surface area contributed by atoms with E-state index in [0.29, 0.717) is 29.0 Å². The minimum absolute atomic E-state index is 0.0235. The zero-order valence-corrected chi connectivity index (χ0v) is 13.3. The molecule has 0 aliphatic rings. The number of ether oxygens (including phenoxy) is 1. The van der Waals surface area contributed by atoms with Gasteiger partial charge in [0.2, 0.25) is 0 Å². The Kier molecular flexibility index (Phi) is 5.79. The number of halogens is 1. The van der Waals surface area contributed by atoms with Gasteiger partial charge in [-0.2, -0.15) is 0 Å². The summed E-state index contributed by atoms with van der Waals surface area (Å²) in [7, 11) is 0. The summed E-state index contributed by atoms with van der Waals surface area (Å²) in [4.78, 5) is 10.9. The number of hydrogen-bond acceptors (Lipinski definition) is 3. The molecule has 0 fully saturated rings. The molecule has 0 aliphatic carbocycles. The summed E-state index contributed by atoms with van der Waals surface area (Å²) < 4.78 is 5.39. The lowest BCUT2D eigenvalue weighted by molar-refractivity contribution is -0.385. The van der Waals surface area contributed by atoms with Crippen LogP contribution in [-0.2, 0) is 0 Å². The van der Waals surface area contributed by atoms with Crippen LogP contribution >= 0.6 is 15.9 Å². The highest BCUT2D eigenvalue weighted by atomic mass is 79.9. The zero-order valence-electron chi connectivity index (χ0n) is 11.7. The lowest BCUT2D eigenvalue weighted by Crippen LogP contribution is -2.15. The van der Waals surface area contributed by atoms with E-state index in [1.807, 2.05) is 13.0 Å². The topological polar surface area (TPSA) is 52.4 Å². The monoisotopic (exact) mass is 329 g/mol. The predicted molar refractivity (Wildman–Crippen MR) is 80.2 cm³/mol. The minimum atomic E-state index is -0.406. The lowest BCUT2D eigenvalue weighted by atomic mass is 9.86. The molecule has 0 spiro atoms. The fraction of sp³-hybridized carbons (Fsp3) is 0.571. The summed E-state index contributed by atoms with van der Waals surface area (Å²) >= 11 is 3.61. The number of benzene rings is 1. The van der Waals surface area contributed by atoms with E-state index in [2.05, 4.69) is 36.7 Å². The highest BCUT2D eigenvalue weighted by Gasteiger charge is 2.24. The first-order valence-electron chi connectivity index (χ1n) is 6.43. The third kappa shape index (κ3) is 3.93. The van der Waals surface area contributed by atoms with Crippen LogP contribution in [0.3, 0.4) is 0 Å². The van der Waals surface area contributed by atoms with Crippen molar-refractivity contribution in [3.05, 3.63) is 33.9 Å². The van der Waals surface area contributed by atoms with Gasteiger partial charge < -0.3 is 4.74 Å². The van der Waals surface area contributed by atoms with E-state index >= 15 is 0 Å². The Hall–Kier alpha value is -1.10. The van der Waals surface area contributed by atoms with E-state index in [-0.39, 0.29) is 5.69 Å². The summed E-state index contributed by atoms with van der Waals surface area (Å²) in [6.07, 6.45) is 0. The molecule has 1 aromatic rings. The molecule has 1 rings (SSSR count). The molecule has 0 aliphatic heterocycles. The highest BCUT2D eigenvalue weighted by Crippen LogP contribution is 2.37. The van der Waals surface area contributed by atoms with Crippen molar-refractivity contribution < 1.29 is 9.66 Å². The van der Waals surface area contributed by atoms with Gasteiger partial charge in [-0.3, -0.25) is 10.1 Å². The van der Waals surface area contributed by atoms with Gasteiger partial charge in [-0.25, -0.2) is 0 Å². The van der Waals surface area contributed by atoms with E-state index < -0.39 is 4.92 Å². The summed E-state index contributed by atoms with van der Waals surface area (Å²) in [6, 6.07) is 5.15. The Morgan fingerprint density at radius 1 is 1.37 bits per heavy atom. The largest absolute Gasteiger partial charge is 0.487 e. The Morgan fingerprint density at radius 3 is 2.42 bits per heavy atom. The second-order valence-corrected chi connectivity index (χ2v) is 6.31. The second-order valence-electron chi connectivity index (χ2n) is 4.86. The number of nitrogens with zero attached hydrogens (tertiary/aromatic N) is 1. The normalized spacial score (nSPS) is 14.2. The first-order chi connectivity index (χ1) is 8.88. The molecule has 0 aromatic heterocycles. The fourth-order valence-corrected chi connectivity index (χ4v) is 3.26. The van der Waals surface area contributed by atoms with Crippen LogP contribution in [0.15, 0.2) is 18.2 Å². The molecule has 5 heteroatoms. The van der Waals surface area contributed by atoms with Crippen molar-refractivity contribution in [2.75, 3.05) is 6.61 Å². The van der Waals surface area contributed by atoms with Gasteiger partial charge in [-0.05, 0) is 30.4 Å². The van der Waals surface area contributed by atoms with Gasteiger partial charge in [0.1, 0.15) is 0 Å². The molecule has 0 N–H and O–H groups in total. The maximum Gasteiger partial charge on any atom is 0.310 e. The molecule has 0 saturated heterocycles. The summed E-state index contributed by atoms with van der Waals surface area (Å²) in [5, 5.41) is 11.0. The first kappa shape index (κ1) is 16.0. The predicted octanol–water partition coefficient (Wildman–Crippen LogP) is 4.52. The van der Waals surface area contributed by atoms with Gasteiger partial charge in [0.15, 0.2) is 5.75 Å². The van der Waals surface area contributed by atoms with Crippen molar-refractivity contribution in [1.82, 2.24) is 0 Å². The van der Waals surface area contributed by atoms with Crippen LogP contribution in [-0.4, -0.2) is 16.4 Å². The van der Waals surface area contributed by atoms with Crippen LogP contribution in [0.1, 0.15) is 39.2 Å². The molecule has 1 aromatic carbocycles. The Bertz CT molecular complexity index is 438. The zero-order chi connectivity index (χ0) is 14.6. The van der Waals surface area contributed by atoms with Crippen molar-refractivity contribution in [3.63, 3.8) is 0 Å². The molecular formula is C14H20BrNO3. The van der Waals surface area contributed by atoms with E-state index in [0.717, 1.165) is 5.56 Å². The second kappa shape index (κ2) is 6.89. The molecular weight excluding hydrogens is 310 g/mol. The van der Waals surface area contributed by atoms with Crippen molar-refractivity contribution in [1.29, 1.82) is 0 Å². The fourth-order valence-electron chi connectivity index (χ4n) is 2.34. The van der Waals surface area contributed by atoms with Crippen molar-refractivity contribution in [2.45, 2.75) is 38.4 Å². The Morgan fingerprint density at radius 2 is 2.00 bits per heavy atom. The minimum Gasteiger partial charge on any atom is -0.487 e. The summed E-state index contributed by atoms with van der Waals surface area (Å²) in [5.74, 6) is 1.08. The van der Waals surface area contributed by atoms with Crippen LogP contribution in [0.2, 0.25) is 0 Å². The highest BCUT2D eigenvalue weighted by molar-refractivity contribution is 9.09. The van der Waals surface area contributed by atoms with Gasteiger partial charge in [0, 0.05) is 10.9 Å². The maximum atomic E-state index is 11.0. The number of nitro groups is 1. The SMILES string of the molecule is CCOc1cc(C(C(C)C)C(C)Br)ccc1[N+](=O)[O-]. The number of rotatable bonds is 6. The molecule has 2 atom stereocenters. The number of hydrogen-bond donors (Lipinski definition) is 0. The summed E-state index contributed by atoms with van der Waals surface area (Å²) in [6.45, 7) is 8.62. The van der Waals surface area contributed by atoms with Crippen LogP contribution in [0.5, 0.6) is 5.75 Å². The molecule has 19 heavy (non-hydrogen) atoms.